The molecule has 0 saturated carbocycles. The second-order valence-corrected chi connectivity index (χ2v) is 5.56. The van der Waals surface area contributed by atoms with Crippen LogP contribution in [0.1, 0.15) is 27.6 Å². The Balaban J connectivity index is 1.94. The smallest absolute Gasteiger partial charge is 0.269 e. The molecule has 22 heavy (non-hydrogen) atoms. The molecule has 0 aliphatic heterocycles. The van der Waals surface area contributed by atoms with E-state index >= 15 is 0 Å². The van der Waals surface area contributed by atoms with Crippen molar-refractivity contribution < 1.29 is 9.59 Å². The fourth-order valence-corrected chi connectivity index (χ4v) is 2.01. The van der Waals surface area contributed by atoms with E-state index in [1.807, 2.05) is 6.07 Å². The van der Waals surface area contributed by atoms with Crippen LogP contribution in [-0.4, -0.2) is 11.7 Å². The lowest BCUT2D eigenvalue weighted by atomic mass is 10.1. The predicted molar refractivity (Wildman–Crippen MR) is 89.3 cm³/mol. The van der Waals surface area contributed by atoms with Gasteiger partial charge in [-0.3, -0.25) is 15.0 Å². The number of benzene rings is 2. The number of carbonyl (C=O) groups is 2. The molecule has 2 aromatic carbocycles. The van der Waals surface area contributed by atoms with Gasteiger partial charge in [0, 0.05) is 27.4 Å². The lowest BCUT2D eigenvalue weighted by molar-refractivity contribution is 0.0936. The van der Waals surface area contributed by atoms with Crippen molar-refractivity contribution in [1.29, 1.82) is 0 Å². The normalized spacial score (nSPS) is 10.9. The van der Waals surface area contributed by atoms with Gasteiger partial charge in [-0.05, 0) is 43.3 Å². The minimum absolute atomic E-state index is 0.133. The Hall–Kier alpha value is -2.40. The molecule has 0 fully saturated rings. The number of hydrazine groups is 1. The molecule has 112 valence electrons. The van der Waals surface area contributed by atoms with E-state index < -0.39 is 0 Å². The van der Waals surface area contributed by atoms with Crippen molar-refractivity contribution in [3.8, 4) is 0 Å². The number of halogens is 1. The highest BCUT2D eigenvalue weighted by molar-refractivity contribution is 9.10. The number of carbonyl (C=O) groups excluding carboxylic acids is 2. The van der Waals surface area contributed by atoms with Crippen LogP contribution in [0.4, 0.5) is 0 Å². The maximum absolute atomic E-state index is 12.0. The van der Waals surface area contributed by atoms with Crippen molar-refractivity contribution in [1.82, 2.24) is 10.9 Å². The van der Waals surface area contributed by atoms with Gasteiger partial charge in [0.15, 0.2) is 5.78 Å². The van der Waals surface area contributed by atoms with Crippen LogP contribution >= 0.6 is 15.9 Å². The largest absolute Gasteiger partial charge is 0.303 e. The van der Waals surface area contributed by atoms with E-state index in [4.69, 9.17) is 0 Å². The summed E-state index contributed by atoms with van der Waals surface area (Å²) in [4.78, 5) is 23.9. The van der Waals surface area contributed by atoms with Gasteiger partial charge in [-0.25, -0.2) is 0 Å². The Morgan fingerprint density at radius 3 is 2.18 bits per heavy atom. The van der Waals surface area contributed by atoms with E-state index in [-0.39, 0.29) is 11.7 Å². The van der Waals surface area contributed by atoms with Crippen molar-refractivity contribution in [3.05, 3.63) is 82.0 Å². The van der Waals surface area contributed by atoms with Crippen molar-refractivity contribution in [2.75, 3.05) is 0 Å². The zero-order chi connectivity index (χ0) is 15.9. The van der Waals surface area contributed by atoms with Crippen LogP contribution in [0.5, 0.6) is 0 Å². The van der Waals surface area contributed by atoms with Crippen LogP contribution in [0.25, 0.3) is 0 Å². The highest BCUT2D eigenvalue weighted by Gasteiger charge is 2.05. The minimum atomic E-state index is -0.260. The number of hydrogen-bond acceptors (Lipinski definition) is 3. The van der Waals surface area contributed by atoms with Crippen LogP contribution in [0.3, 0.4) is 0 Å². The Kier molecular flexibility index (Phi) is 5.49. The van der Waals surface area contributed by atoms with E-state index in [1.54, 1.807) is 55.5 Å². The van der Waals surface area contributed by atoms with E-state index in [0.29, 0.717) is 16.8 Å². The van der Waals surface area contributed by atoms with E-state index in [2.05, 4.69) is 26.8 Å². The molecule has 0 aromatic heterocycles. The van der Waals surface area contributed by atoms with Gasteiger partial charge < -0.3 is 5.43 Å². The third-order valence-corrected chi connectivity index (χ3v) is 3.41. The molecule has 2 aromatic rings. The average molecular weight is 359 g/mol. The summed E-state index contributed by atoms with van der Waals surface area (Å²) in [5, 5.41) is 0. The molecule has 2 N–H and O–H groups in total. The van der Waals surface area contributed by atoms with Crippen molar-refractivity contribution in [3.63, 3.8) is 0 Å². The molecule has 0 aliphatic carbocycles. The van der Waals surface area contributed by atoms with Gasteiger partial charge in [0.1, 0.15) is 0 Å². The summed E-state index contributed by atoms with van der Waals surface area (Å²) in [6, 6.07) is 15.9. The second kappa shape index (κ2) is 7.56. The molecule has 4 nitrogen and oxygen atoms in total. The maximum Gasteiger partial charge on any atom is 0.269 e. The number of amides is 1. The lowest BCUT2D eigenvalue weighted by Crippen LogP contribution is -2.36. The van der Waals surface area contributed by atoms with Crippen LogP contribution in [0.2, 0.25) is 0 Å². The monoisotopic (exact) mass is 358 g/mol. The number of rotatable bonds is 5. The third kappa shape index (κ3) is 4.56. The van der Waals surface area contributed by atoms with Gasteiger partial charge in [0.25, 0.3) is 5.91 Å². The van der Waals surface area contributed by atoms with Crippen LogP contribution in [0, 0.1) is 0 Å². The first-order valence-corrected chi connectivity index (χ1v) is 7.45. The number of hydrogen-bond donors (Lipinski definition) is 2. The van der Waals surface area contributed by atoms with Crippen LogP contribution < -0.4 is 10.9 Å². The minimum Gasteiger partial charge on any atom is -0.303 e. The van der Waals surface area contributed by atoms with Crippen molar-refractivity contribution >= 4 is 27.6 Å². The second-order valence-electron chi connectivity index (χ2n) is 4.64. The quantitative estimate of drug-likeness (QED) is 0.488. The molecule has 1 amide bonds. The van der Waals surface area contributed by atoms with Gasteiger partial charge in [0.05, 0.1) is 0 Å². The van der Waals surface area contributed by atoms with E-state index in [9.17, 15) is 9.59 Å². The fraction of sp³-hybridized carbons (Fsp3) is 0.0588. The predicted octanol–water partition coefficient (Wildman–Crippen LogP) is 3.47. The summed E-state index contributed by atoms with van der Waals surface area (Å²) in [5.41, 5.74) is 6.95. The van der Waals surface area contributed by atoms with Gasteiger partial charge in [0.2, 0.25) is 0 Å². The summed E-state index contributed by atoms with van der Waals surface area (Å²) in [6.45, 7) is 1.71. The summed E-state index contributed by atoms with van der Waals surface area (Å²) in [5.74, 6) is -0.393. The number of allylic oxidation sites excluding steroid dienone is 2. The Bertz CT molecular complexity index is 694. The highest BCUT2D eigenvalue weighted by atomic mass is 79.9. The molecular formula is C17H15BrN2O2. The Morgan fingerprint density at radius 2 is 1.55 bits per heavy atom. The van der Waals surface area contributed by atoms with Crippen molar-refractivity contribution in [2.24, 2.45) is 0 Å². The molecular weight excluding hydrogens is 344 g/mol. The molecule has 0 unspecified atom stereocenters. The topological polar surface area (TPSA) is 58.2 Å². The third-order valence-electron chi connectivity index (χ3n) is 2.89. The van der Waals surface area contributed by atoms with E-state index in [0.717, 1.165) is 4.47 Å². The molecule has 0 bridgehead atoms. The summed E-state index contributed by atoms with van der Waals surface area (Å²) in [7, 11) is 0. The fourth-order valence-electron chi connectivity index (χ4n) is 1.75. The molecule has 2 rings (SSSR count). The Labute approximate surface area is 137 Å². The molecule has 0 spiro atoms. The van der Waals surface area contributed by atoms with Gasteiger partial charge in [-0.2, -0.15) is 0 Å². The zero-order valence-electron chi connectivity index (χ0n) is 12.0. The Morgan fingerprint density at radius 1 is 0.909 bits per heavy atom. The zero-order valence-corrected chi connectivity index (χ0v) is 13.6. The molecule has 5 heteroatoms. The SMILES string of the molecule is CC(=CC(=O)c1ccc(Br)cc1)NNC(=O)c1ccccc1. The number of ketones is 1. The molecule has 0 aliphatic rings. The van der Waals surface area contributed by atoms with Gasteiger partial charge in [-0.1, -0.05) is 34.1 Å². The first-order valence-electron chi connectivity index (χ1n) is 6.66. The molecule has 0 radical (unpaired) electrons. The van der Waals surface area contributed by atoms with Crippen molar-refractivity contribution in [2.45, 2.75) is 6.92 Å². The summed E-state index contributed by atoms with van der Waals surface area (Å²) >= 11 is 3.32. The molecule has 0 heterocycles. The highest BCUT2D eigenvalue weighted by Crippen LogP contribution is 2.11. The maximum atomic E-state index is 12.0. The van der Waals surface area contributed by atoms with Crippen LogP contribution in [0.15, 0.2) is 70.8 Å². The average Bonchev–Trinajstić information content (AvgIpc) is 2.54. The molecule has 0 saturated heterocycles. The van der Waals surface area contributed by atoms with Crippen LogP contribution in [-0.2, 0) is 0 Å². The first-order chi connectivity index (χ1) is 10.6. The lowest BCUT2D eigenvalue weighted by Gasteiger charge is -2.08. The standard InChI is InChI=1S/C17H15BrN2O2/c1-12(11-16(21)13-7-9-15(18)10-8-13)19-20-17(22)14-5-3-2-4-6-14/h2-11,19H,1H3,(H,20,22). The number of nitrogens with one attached hydrogen (secondary N) is 2. The van der Waals surface area contributed by atoms with E-state index in [1.165, 1.54) is 6.08 Å². The first kappa shape index (κ1) is 16.0. The summed E-state index contributed by atoms with van der Waals surface area (Å²) < 4.78 is 0.915. The summed E-state index contributed by atoms with van der Waals surface area (Å²) in [6.07, 6.45) is 1.44. The van der Waals surface area contributed by atoms with Gasteiger partial charge in [-0.15, -0.1) is 0 Å². The van der Waals surface area contributed by atoms with Gasteiger partial charge >= 0.3 is 0 Å². The molecule has 0 atom stereocenters.